The third-order valence-electron chi connectivity index (χ3n) is 5.19. The van der Waals surface area contributed by atoms with Crippen molar-refractivity contribution in [1.29, 1.82) is 0 Å². The number of likely N-dealkylation sites (N-methyl/N-ethyl adjacent to an activating group) is 1. The van der Waals surface area contributed by atoms with Gasteiger partial charge in [-0.1, -0.05) is 19.9 Å². The largest absolute Gasteiger partial charge is 0.493 e. The summed E-state index contributed by atoms with van der Waals surface area (Å²) < 4.78 is 11.3. The number of nitrogens with one attached hydrogen (secondary N) is 1. The SMILES string of the molecule is CCN(CC)CCOc1ccc(CNC(=O)CCCC(=O)N(CC)CC)cc1OC. The summed E-state index contributed by atoms with van der Waals surface area (Å²) in [7, 11) is 1.61. The normalized spacial score (nSPS) is 10.7. The lowest BCUT2D eigenvalue weighted by Crippen LogP contribution is -2.30. The van der Waals surface area contributed by atoms with Crippen LogP contribution in [-0.2, 0) is 16.1 Å². The van der Waals surface area contributed by atoms with Crippen molar-refractivity contribution < 1.29 is 19.1 Å². The van der Waals surface area contributed by atoms with Crippen LogP contribution in [0.15, 0.2) is 18.2 Å². The van der Waals surface area contributed by atoms with E-state index in [0.29, 0.717) is 57.0 Å². The molecule has 1 N–H and O–H groups in total. The van der Waals surface area contributed by atoms with Crippen LogP contribution in [0, 0.1) is 0 Å². The first-order chi connectivity index (χ1) is 14.5. The highest BCUT2D eigenvalue weighted by Gasteiger charge is 2.11. The van der Waals surface area contributed by atoms with Gasteiger partial charge in [0, 0.05) is 39.0 Å². The highest BCUT2D eigenvalue weighted by Crippen LogP contribution is 2.28. The highest BCUT2D eigenvalue weighted by molar-refractivity contribution is 5.78. The summed E-state index contributed by atoms with van der Waals surface area (Å²) in [6, 6.07) is 5.70. The topological polar surface area (TPSA) is 71.1 Å². The monoisotopic (exact) mass is 421 g/mol. The maximum Gasteiger partial charge on any atom is 0.222 e. The summed E-state index contributed by atoms with van der Waals surface area (Å²) in [5.74, 6) is 1.41. The van der Waals surface area contributed by atoms with Crippen molar-refractivity contribution in [2.75, 3.05) is 46.4 Å². The predicted octanol–water partition coefficient (Wildman–Crippen LogP) is 3.07. The van der Waals surface area contributed by atoms with E-state index in [1.807, 2.05) is 32.0 Å². The first-order valence-electron chi connectivity index (χ1n) is 11.0. The summed E-state index contributed by atoms with van der Waals surface area (Å²) >= 11 is 0. The summed E-state index contributed by atoms with van der Waals surface area (Å²) in [5, 5.41) is 2.91. The van der Waals surface area contributed by atoms with Gasteiger partial charge in [-0.05, 0) is 51.1 Å². The molecule has 170 valence electrons. The Morgan fingerprint density at radius 2 is 1.67 bits per heavy atom. The van der Waals surface area contributed by atoms with E-state index in [9.17, 15) is 9.59 Å². The molecule has 1 aromatic carbocycles. The Bertz CT molecular complexity index is 643. The number of rotatable bonds is 15. The molecule has 0 fully saturated rings. The van der Waals surface area contributed by atoms with Crippen molar-refractivity contribution in [3.63, 3.8) is 0 Å². The van der Waals surface area contributed by atoms with Crippen LogP contribution >= 0.6 is 0 Å². The fourth-order valence-corrected chi connectivity index (χ4v) is 3.19. The van der Waals surface area contributed by atoms with Crippen LogP contribution in [0.2, 0.25) is 0 Å². The van der Waals surface area contributed by atoms with E-state index in [2.05, 4.69) is 24.1 Å². The van der Waals surface area contributed by atoms with Crippen molar-refractivity contribution in [1.82, 2.24) is 15.1 Å². The minimum Gasteiger partial charge on any atom is -0.493 e. The number of ether oxygens (including phenoxy) is 2. The Morgan fingerprint density at radius 1 is 0.967 bits per heavy atom. The summed E-state index contributed by atoms with van der Waals surface area (Å²) in [6.45, 7) is 13.5. The third-order valence-corrected chi connectivity index (χ3v) is 5.19. The van der Waals surface area contributed by atoms with Gasteiger partial charge in [-0.3, -0.25) is 9.59 Å². The standard InChI is InChI=1S/C23H39N3O4/c1-6-25(7-2)15-16-30-20-14-13-19(17-21(20)29-5)18-24-22(27)11-10-12-23(28)26(8-3)9-4/h13-14,17H,6-12,15-16,18H2,1-5H3,(H,24,27). The second kappa shape index (κ2) is 14.7. The van der Waals surface area contributed by atoms with Crippen LogP contribution in [-0.4, -0.2) is 68.1 Å². The Kier molecular flexibility index (Phi) is 12.6. The fraction of sp³-hybridized carbons (Fsp3) is 0.652. The van der Waals surface area contributed by atoms with E-state index in [0.717, 1.165) is 25.2 Å². The minimum absolute atomic E-state index is 0.0548. The van der Waals surface area contributed by atoms with Gasteiger partial charge in [-0.2, -0.15) is 0 Å². The van der Waals surface area contributed by atoms with Gasteiger partial charge in [-0.25, -0.2) is 0 Å². The maximum atomic E-state index is 12.1. The summed E-state index contributed by atoms with van der Waals surface area (Å²) in [4.78, 5) is 28.2. The van der Waals surface area contributed by atoms with Gasteiger partial charge in [0.2, 0.25) is 11.8 Å². The molecule has 30 heavy (non-hydrogen) atoms. The molecule has 0 aliphatic rings. The van der Waals surface area contributed by atoms with Gasteiger partial charge in [0.15, 0.2) is 11.5 Å². The zero-order chi connectivity index (χ0) is 22.4. The maximum absolute atomic E-state index is 12.1. The van der Waals surface area contributed by atoms with E-state index in [1.54, 1.807) is 12.0 Å². The zero-order valence-corrected chi connectivity index (χ0v) is 19.3. The minimum atomic E-state index is -0.0548. The average molecular weight is 422 g/mol. The number of hydrogen-bond acceptors (Lipinski definition) is 5. The first kappa shape index (κ1) is 25.8. The van der Waals surface area contributed by atoms with Crippen LogP contribution in [0.3, 0.4) is 0 Å². The van der Waals surface area contributed by atoms with Crippen molar-refractivity contribution in [2.45, 2.75) is 53.5 Å². The molecule has 0 saturated carbocycles. The van der Waals surface area contributed by atoms with E-state index in [1.165, 1.54) is 0 Å². The lowest BCUT2D eigenvalue weighted by atomic mass is 10.2. The lowest BCUT2D eigenvalue weighted by molar-refractivity contribution is -0.131. The van der Waals surface area contributed by atoms with Gasteiger partial charge < -0.3 is 24.6 Å². The van der Waals surface area contributed by atoms with Gasteiger partial charge in [0.25, 0.3) is 0 Å². The van der Waals surface area contributed by atoms with Gasteiger partial charge in [0.1, 0.15) is 6.61 Å². The molecule has 0 bridgehead atoms. The Balaban J connectivity index is 2.44. The predicted molar refractivity (Wildman–Crippen MR) is 120 cm³/mol. The highest BCUT2D eigenvalue weighted by atomic mass is 16.5. The van der Waals surface area contributed by atoms with Gasteiger partial charge >= 0.3 is 0 Å². The molecule has 0 aliphatic heterocycles. The molecule has 1 rings (SSSR count). The van der Waals surface area contributed by atoms with Crippen molar-refractivity contribution in [3.05, 3.63) is 23.8 Å². The van der Waals surface area contributed by atoms with Crippen molar-refractivity contribution >= 4 is 11.8 Å². The lowest BCUT2D eigenvalue weighted by Gasteiger charge is -2.19. The number of carbonyl (C=O) groups is 2. The molecule has 0 unspecified atom stereocenters. The molecule has 0 aromatic heterocycles. The Labute approximate surface area is 181 Å². The Morgan fingerprint density at radius 3 is 2.27 bits per heavy atom. The molecule has 0 atom stereocenters. The van der Waals surface area contributed by atoms with Crippen LogP contribution in [0.5, 0.6) is 11.5 Å². The molecule has 0 spiro atoms. The van der Waals surface area contributed by atoms with E-state index < -0.39 is 0 Å². The molecular formula is C23H39N3O4. The molecule has 0 radical (unpaired) electrons. The molecule has 7 heteroatoms. The van der Waals surface area contributed by atoms with Gasteiger partial charge in [0.05, 0.1) is 7.11 Å². The second-order valence-corrected chi connectivity index (χ2v) is 7.06. The molecule has 1 aromatic rings. The number of methoxy groups -OCH3 is 1. The van der Waals surface area contributed by atoms with Crippen LogP contribution < -0.4 is 14.8 Å². The second-order valence-electron chi connectivity index (χ2n) is 7.06. The fourth-order valence-electron chi connectivity index (χ4n) is 3.19. The summed E-state index contributed by atoms with van der Waals surface area (Å²) in [6.07, 6.45) is 1.31. The van der Waals surface area contributed by atoms with E-state index in [4.69, 9.17) is 9.47 Å². The zero-order valence-electron chi connectivity index (χ0n) is 19.3. The number of benzene rings is 1. The first-order valence-corrected chi connectivity index (χ1v) is 11.0. The molecular weight excluding hydrogens is 382 g/mol. The van der Waals surface area contributed by atoms with Gasteiger partial charge in [-0.15, -0.1) is 0 Å². The van der Waals surface area contributed by atoms with Crippen LogP contribution in [0.4, 0.5) is 0 Å². The molecule has 0 heterocycles. The van der Waals surface area contributed by atoms with Crippen LogP contribution in [0.25, 0.3) is 0 Å². The molecule has 7 nitrogen and oxygen atoms in total. The third kappa shape index (κ3) is 9.03. The van der Waals surface area contributed by atoms with Crippen molar-refractivity contribution in [2.24, 2.45) is 0 Å². The van der Waals surface area contributed by atoms with Crippen molar-refractivity contribution in [3.8, 4) is 11.5 Å². The Hall–Kier alpha value is -2.28. The van der Waals surface area contributed by atoms with E-state index in [-0.39, 0.29) is 11.8 Å². The number of amides is 2. The van der Waals surface area contributed by atoms with Crippen LogP contribution in [0.1, 0.15) is 52.5 Å². The average Bonchev–Trinajstić information content (AvgIpc) is 2.76. The number of nitrogens with zero attached hydrogens (tertiary/aromatic N) is 2. The number of hydrogen-bond donors (Lipinski definition) is 1. The molecule has 0 aliphatic carbocycles. The number of carbonyl (C=O) groups excluding carboxylic acids is 2. The quantitative estimate of drug-likeness (QED) is 0.471. The smallest absolute Gasteiger partial charge is 0.222 e. The molecule has 0 saturated heterocycles. The van der Waals surface area contributed by atoms with E-state index >= 15 is 0 Å². The molecule has 2 amide bonds. The summed E-state index contributed by atoms with van der Waals surface area (Å²) in [5.41, 5.74) is 0.940.